The number of nitrogens with zero attached hydrogens (tertiary/aromatic N) is 4. The molecule has 0 bridgehead atoms. The van der Waals surface area contributed by atoms with E-state index >= 15 is 0 Å². The zero-order valence-corrected chi connectivity index (χ0v) is 26.1. The number of hydrogen-bond donors (Lipinski definition) is 2. The zero-order valence-electron chi connectivity index (χ0n) is 25.3. The van der Waals surface area contributed by atoms with Gasteiger partial charge in [0.2, 0.25) is 15.9 Å². The largest absolute Gasteiger partial charge is 0.493 e. The Labute approximate surface area is 255 Å². The average Bonchev–Trinajstić information content (AvgIpc) is 3.40. The lowest BCUT2D eigenvalue weighted by Gasteiger charge is -2.34. The number of halogens is 3. The summed E-state index contributed by atoms with van der Waals surface area (Å²) in [5, 5.41) is 13.1. The molecule has 1 saturated carbocycles. The molecular formula is C30H40F3N5O5S. The molecule has 0 radical (unpaired) electrons. The topological polar surface area (TPSA) is 126 Å². The smallest absolute Gasteiger partial charge is 0.389 e. The third-order valence-electron chi connectivity index (χ3n) is 9.59. The SMILES string of the molecule is Cc1cc(-n2c(O)cn(C)c2=O)cc(C)c1CCS(=O)(=O)N1CCC2(CC1)N=C(C1CCC(CCC(F)(F)F)CC1)NC2=O. The maximum absolute atomic E-state index is 13.3. The minimum atomic E-state index is -4.14. The van der Waals surface area contributed by atoms with Gasteiger partial charge in [-0.15, -0.1) is 0 Å². The molecule has 14 heteroatoms. The highest BCUT2D eigenvalue weighted by atomic mass is 32.2. The molecule has 242 valence electrons. The Kier molecular flexibility index (Phi) is 8.80. The van der Waals surface area contributed by atoms with E-state index in [2.05, 4.69) is 5.32 Å². The number of nitrogens with one attached hydrogen (secondary N) is 1. The van der Waals surface area contributed by atoms with Crippen LogP contribution in [-0.4, -0.2) is 69.3 Å². The molecule has 3 heterocycles. The molecule has 1 spiro atoms. The second kappa shape index (κ2) is 12.0. The van der Waals surface area contributed by atoms with Gasteiger partial charge in [0.15, 0.2) is 0 Å². The van der Waals surface area contributed by atoms with Crippen molar-refractivity contribution in [3.8, 4) is 11.6 Å². The lowest BCUT2D eigenvalue weighted by Crippen LogP contribution is -2.51. The van der Waals surface area contributed by atoms with Gasteiger partial charge in [-0.1, -0.05) is 0 Å². The van der Waals surface area contributed by atoms with E-state index in [1.54, 1.807) is 19.2 Å². The number of carbonyl (C=O) groups is 1. The number of piperidine rings is 1. The minimum absolute atomic E-state index is 0.00424. The Hall–Kier alpha value is -3.13. The highest BCUT2D eigenvalue weighted by molar-refractivity contribution is 7.89. The van der Waals surface area contributed by atoms with Gasteiger partial charge >= 0.3 is 11.9 Å². The van der Waals surface area contributed by atoms with Crippen LogP contribution in [0.4, 0.5) is 13.2 Å². The van der Waals surface area contributed by atoms with Crippen molar-refractivity contribution < 1.29 is 31.5 Å². The van der Waals surface area contributed by atoms with Gasteiger partial charge in [0.05, 0.1) is 17.6 Å². The molecule has 0 unspecified atom stereocenters. The molecule has 0 atom stereocenters. The normalized spacial score (nSPS) is 22.8. The summed E-state index contributed by atoms with van der Waals surface area (Å²) in [6.07, 6.45) is 0.0597. The Morgan fingerprint density at radius 3 is 2.23 bits per heavy atom. The van der Waals surface area contributed by atoms with Crippen LogP contribution in [0.5, 0.6) is 5.88 Å². The van der Waals surface area contributed by atoms with Gasteiger partial charge < -0.3 is 10.4 Å². The maximum Gasteiger partial charge on any atom is 0.389 e. The summed E-state index contributed by atoms with van der Waals surface area (Å²) >= 11 is 0. The van der Waals surface area contributed by atoms with Crippen LogP contribution >= 0.6 is 0 Å². The molecule has 1 aromatic carbocycles. The fourth-order valence-electron chi connectivity index (χ4n) is 6.94. The zero-order chi connectivity index (χ0) is 32.0. The first-order valence-electron chi connectivity index (χ1n) is 15.1. The number of benzene rings is 1. The molecule has 3 aliphatic rings. The van der Waals surface area contributed by atoms with E-state index in [-0.39, 0.29) is 73.8 Å². The number of rotatable bonds is 8. The van der Waals surface area contributed by atoms with Gasteiger partial charge in [0.1, 0.15) is 11.4 Å². The Balaban J connectivity index is 1.18. The second-order valence-corrected chi connectivity index (χ2v) is 14.7. The van der Waals surface area contributed by atoms with Crippen molar-refractivity contribution >= 4 is 21.8 Å². The highest BCUT2D eigenvalue weighted by Crippen LogP contribution is 2.38. The van der Waals surface area contributed by atoms with E-state index in [4.69, 9.17) is 4.99 Å². The van der Waals surface area contributed by atoms with Crippen molar-refractivity contribution in [1.82, 2.24) is 18.8 Å². The van der Waals surface area contributed by atoms with Crippen molar-refractivity contribution in [3.63, 3.8) is 0 Å². The summed E-state index contributed by atoms with van der Waals surface area (Å²) in [5.41, 5.74) is 1.58. The van der Waals surface area contributed by atoms with Crippen LogP contribution in [0.15, 0.2) is 28.1 Å². The number of amides is 1. The maximum atomic E-state index is 13.3. The van der Waals surface area contributed by atoms with Crippen LogP contribution in [0, 0.1) is 25.7 Å². The Morgan fingerprint density at radius 2 is 1.68 bits per heavy atom. The van der Waals surface area contributed by atoms with Crippen molar-refractivity contribution in [1.29, 1.82) is 0 Å². The average molecular weight is 640 g/mol. The lowest BCUT2D eigenvalue weighted by atomic mass is 9.79. The number of aliphatic imine (C=N–C) groups is 1. The number of aryl methyl sites for hydroxylation is 3. The van der Waals surface area contributed by atoms with Gasteiger partial charge in [-0.25, -0.2) is 22.1 Å². The van der Waals surface area contributed by atoms with Crippen molar-refractivity contribution in [2.45, 2.75) is 83.4 Å². The molecule has 1 amide bonds. The van der Waals surface area contributed by atoms with E-state index in [1.807, 2.05) is 13.8 Å². The van der Waals surface area contributed by atoms with E-state index < -0.39 is 28.2 Å². The van der Waals surface area contributed by atoms with Crippen molar-refractivity contribution in [2.75, 3.05) is 18.8 Å². The molecule has 1 aromatic heterocycles. The van der Waals surface area contributed by atoms with E-state index in [1.165, 1.54) is 19.6 Å². The monoisotopic (exact) mass is 639 g/mol. The standard InChI is InChI=1S/C30H40F3N5O5S/c1-19-16-23(38-25(39)18-36(3)28(38)41)17-20(2)24(19)9-15-44(42,43)37-13-11-29(12-14-37)27(40)34-26(35-29)22-6-4-21(5-7-22)8-10-30(31,32)33/h16-18,21-22,39H,4-15H2,1-3H3,(H,34,35,40). The number of hydrogen-bond acceptors (Lipinski definition) is 6. The number of carbonyl (C=O) groups excluding carboxylic acids is 1. The highest BCUT2D eigenvalue weighted by Gasteiger charge is 2.48. The summed E-state index contributed by atoms with van der Waals surface area (Å²) in [4.78, 5) is 30.2. The Morgan fingerprint density at radius 1 is 1.07 bits per heavy atom. The van der Waals surface area contributed by atoms with Crippen LogP contribution in [0.3, 0.4) is 0 Å². The van der Waals surface area contributed by atoms with Gasteiger partial charge in [-0.05, 0) is 100.0 Å². The van der Waals surface area contributed by atoms with Crippen LogP contribution in [-0.2, 0) is 28.3 Å². The Bertz CT molecular complexity index is 1590. The molecule has 10 nitrogen and oxygen atoms in total. The molecule has 44 heavy (non-hydrogen) atoms. The third kappa shape index (κ3) is 6.60. The van der Waals surface area contributed by atoms with Crippen molar-refractivity contribution in [3.05, 3.63) is 45.5 Å². The molecule has 1 aliphatic carbocycles. The molecule has 2 fully saturated rings. The van der Waals surface area contributed by atoms with Gasteiger partial charge in [0, 0.05) is 32.5 Å². The third-order valence-corrected chi connectivity index (χ3v) is 11.5. The number of alkyl halides is 3. The second-order valence-electron chi connectivity index (χ2n) is 12.6. The molecule has 1 saturated heterocycles. The fraction of sp³-hybridized carbons (Fsp3) is 0.633. The molecule has 2 aliphatic heterocycles. The first kappa shape index (κ1) is 32.3. The van der Waals surface area contributed by atoms with Crippen LogP contribution < -0.4 is 11.0 Å². The minimum Gasteiger partial charge on any atom is -0.493 e. The molecule has 2 aromatic rings. The number of aromatic nitrogens is 2. The van der Waals surface area contributed by atoms with E-state index in [0.717, 1.165) is 16.7 Å². The number of imidazole rings is 1. The van der Waals surface area contributed by atoms with Crippen molar-refractivity contribution in [2.24, 2.45) is 23.9 Å². The summed E-state index contributed by atoms with van der Waals surface area (Å²) in [5.74, 6) is 0.106. The van der Waals surface area contributed by atoms with Gasteiger partial charge in [-0.2, -0.15) is 13.2 Å². The van der Waals surface area contributed by atoms with Crippen LogP contribution in [0.1, 0.15) is 68.1 Å². The molecular weight excluding hydrogens is 599 g/mol. The summed E-state index contributed by atoms with van der Waals surface area (Å²) in [7, 11) is -2.09. The van der Waals surface area contributed by atoms with E-state index in [9.17, 15) is 36.3 Å². The quantitative estimate of drug-likeness (QED) is 0.454. The van der Waals surface area contributed by atoms with Crippen LogP contribution in [0.25, 0.3) is 5.69 Å². The van der Waals surface area contributed by atoms with E-state index in [0.29, 0.717) is 37.2 Å². The predicted octanol–water partition coefficient (Wildman–Crippen LogP) is 3.88. The summed E-state index contributed by atoms with van der Waals surface area (Å²) in [6, 6.07) is 3.51. The van der Waals surface area contributed by atoms with Crippen LogP contribution in [0.2, 0.25) is 0 Å². The first-order valence-corrected chi connectivity index (χ1v) is 16.7. The fourth-order valence-corrected chi connectivity index (χ4v) is 8.40. The first-order chi connectivity index (χ1) is 20.6. The molecule has 2 N–H and O–H groups in total. The molecule has 5 rings (SSSR count). The number of aromatic hydroxyl groups is 1. The summed E-state index contributed by atoms with van der Waals surface area (Å²) < 4.78 is 68.4. The number of sulfonamides is 1. The lowest BCUT2D eigenvalue weighted by molar-refractivity contribution is -0.138. The summed E-state index contributed by atoms with van der Waals surface area (Å²) in [6.45, 7) is 4.03. The van der Waals surface area contributed by atoms with Gasteiger partial charge in [-0.3, -0.25) is 14.4 Å². The predicted molar refractivity (Wildman–Crippen MR) is 159 cm³/mol. The number of amidine groups is 1. The van der Waals surface area contributed by atoms with Gasteiger partial charge in [0.25, 0.3) is 5.91 Å².